The number of hydrogen-bond donors (Lipinski definition) is 0. The number of ketones is 1. The number of benzene rings is 2. The zero-order chi connectivity index (χ0) is 13.7. The van der Waals surface area contributed by atoms with Gasteiger partial charge in [-0.2, -0.15) is 0 Å². The van der Waals surface area contributed by atoms with Crippen molar-refractivity contribution in [3.63, 3.8) is 0 Å². The molecule has 0 spiro atoms. The van der Waals surface area contributed by atoms with Crippen LogP contribution in [0.4, 0.5) is 0 Å². The van der Waals surface area contributed by atoms with Crippen LogP contribution < -0.4 is 56.5 Å². The fourth-order valence-electron chi connectivity index (χ4n) is 1.62. The molecule has 0 N–H and O–H groups in total. The molecule has 2 aromatic rings. The molecule has 0 bridgehead atoms. The standard InChI is InChI=1S/C16H12O3.K/c17-15(16(18)19)14-10-8-13(9-11-14)7-6-12-4-2-1-3-5-12;/h1-11H,(H,18,19);/q;+1/p-1/b7-6+;. The Labute approximate surface area is 159 Å². The van der Waals surface area contributed by atoms with Gasteiger partial charge >= 0.3 is 51.4 Å². The third-order valence-corrected chi connectivity index (χ3v) is 2.63. The molecule has 94 valence electrons. The molecule has 20 heavy (non-hydrogen) atoms. The summed E-state index contributed by atoms with van der Waals surface area (Å²) in [6.07, 6.45) is 3.83. The molecule has 0 saturated heterocycles. The molecule has 0 saturated carbocycles. The Morgan fingerprint density at radius 2 is 1.30 bits per heavy atom. The first kappa shape index (κ1) is 17.0. The minimum absolute atomic E-state index is 0. The predicted molar refractivity (Wildman–Crippen MR) is 71.1 cm³/mol. The summed E-state index contributed by atoms with van der Waals surface area (Å²) in [6.45, 7) is 0. The average molecular weight is 290 g/mol. The van der Waals surface area contributed by atoms with Gasteiger partial charge in [0.15, 0.2) is 0 Å². The largest absolute Gasteiger partial charge is 1.00 e. The summed E-state index contributed by atoms with van der Waals surface area (Å²) in [4.78, 5) is 21.6. The molecule has 0 heterocycles. The van der Waals surface area contributed by atoms with E-state index in [-0.39, 0.29) is 56.9 Å². The van der Waals surface area contributed by atoms with Gasteiger partial charge in [-0.1, -0.05) is 66.7 Å². The summed E-state index contributed by atoms with van der Waals surface area (Å²) in [7, 11) is 0. The molecule has 2 rings (SSSR count). The van der Waals surface area contributed by atoms with Crippen LogP contribution in [-0.2, 0) is 4.79 Å². The Balaban J connectivity index is 0.00000200. The normalized spacial score (nSPS) is 10.0. The second kappa shape index (κ2) is 8.29. The van der Waals surface area contributed by atoms with Gasteiger partial charge in [0.25, 0.3) is 0 Å². The van der Waals surface area contributed by atoms with Crippen LogP contribution in [0.25, 0.3) is 12.2 Å². The molecule has 0 aliphatic carbocycles. The Hall–Kier alpha value is -1.04. The smallest absolute Gasteiger partial charge is 0.541 e. The van der Waals surface area contributed by atoms with Crippen LogP contribution in [0.5, 0.6) is 0 Å². The minimum atomic E-state index is -1.69. The van der Waals surface area contributed by atoms with Gasteiger partial charge in [0.05, 0.1) is 0 Å². The predicted octanol–water partition coefficient (Wildman–Crippen LogP) is -1.21. The van der Waals surface area contributed by atoms with E-state index in [1.54, 1.807) is 12.1 Å². The Morgan fingerprint density at radius 3 is 1.80 bits per heavy atom. The third kappa shape index (κ3) is 4.81. The van der Waals surface area contributed by atoms with Crippen molar-refractivity contribution >= 4 is 23.9 Å². The molecule has 0 radical (unpaired) electrons. The first-order chi connectivity index (χ1) is 9.16. The van der Waals surface area contributed by atoms with Crippen LogP contribution >= 0.6 is 0 Å². The monoisotopic (exact) mass is 290 g/mol. The number of rotatable bonds is 4. The van der Waals surface area contributed by atoms with Crippen molar-refractivity contribution in [2.24, 2.45) is 0 Å². The van der Waals surface area contributed by atoms with Crippen molar-refractivity contribution < 1.29 is 66.1 Å². The topological polar surface area (TPSA) is 57.2 Å². The third-order valence-electron chi connectivity index (χ3n) is 2.63. The maximum atomic E-state index is 11.2. The van der Waals surface area contributed by atoms with Gasteiger partial charge in [-0.25, -0.2) is 0 Å². The first-order valence-electron chi connectivity index (χ1n) is 5.76. The fourth-order valence-corrected chi connectivity index (χ4v) is 1.62. The molecule has 4 heteroatoms. The second-order valence-electron chi connectivity index (χ2n) is 3.98. The molecule has 0 amide bonds. The van der Waals surface area contributed by atoms with Crippen molar-refractivity contribution in [2.75, 3.05) is 0 Å². The van der Waals surface area contributed by atoms with Crippen LogP contribution in [0.2, 0.25) is 0 Å². The van der Waals surface area contributed by atoms with Crippen LogP contribution in [0, 0.1) is 0 Å². The van der Waals surface area contributed by atoms with Crippen molar-refractivity contribution in [1.82, 2.24) is 0 Å². The van der Waals surface area contributed by atoms with E-state index >= 15 is 0 Å². The van der Waals surface area contributed by atoms with Crippen LogP contribution in [0.3, 0.4) is 0 Å². The van der Waals surface area contributed by atoms with E-state index in [4.69, 9.17) is 0 Å². The molecule has 0 fully saturated rings. The van der Waals surface area contributed by atoms with Crippen molar-refractivity contribution in [2.45, 2.75) is 0 Å². The summed E-state index contributed by atoms with van der Waals surface area (Å²) in [5.74, 6) is -2.69. The summed E-state index contributed by atoms with van der Waals surface area (Å²) in [5, 5.41) is 10.4. The molecule has 2 aromatic carbocycles. The maximum Gasteiger partial charge on any atom is 1.00 e. The Bertz CT molecular complexity index is 616. The van der Waals surface area contributed by atoms with Gasteiger partial charge < -0.3 is 9.90 Å². The molecule has 3 nitrogen and oxygen atoms in total. The zero-order valence-corrected chi connectivity index (χ0v) is 14.2. The summed E-state index contributed by atoms with van der Waals surface area (Å²) in [6, 6.07) is 16.1. The quantitative estimate of drug-likeness (QED) is 0.307. The minimum Gasteiger partial charge on any atom is -0.541 e. The van der Waals surface area contributed by atoms with E-state index in [9.17, 15) is 14.7 Å². The molecule has 0 aliphatic rings. The first-order valence-corrected chi connectivity index (χ1v) is 5.76. The zero-order valence-electron chi connectivity index (χ0n) is 11.1. The summed E-state index contributed by atoms with van der Waals surface area (Å²) >= 11 is 0. The van der Waals surface area contributed by atoms with E-state index in [0.29, 0.717) is 0 Å². The number of carbonyl (C=O) groups is 2. The van der Waals surface area contributed by atoms with Crippen LogP contribution in [-0.4, -0.2) is 11.8 Å². The second-order valence-corrected chi connectivity index (χ2v) is 3.98. The number of carboxylic acid groups (broad SMARTS) is 1. The van der Waals surface area contributed by atoms with E-state index in [0.717, 1.165) is 11.1 Å². The molecule has 0 unspecified atom stereocenters. The van der Waals surface area contributed by atoms with E-state index < -0.39 is 11.8 Å². The van der Waals surface area contributed by atoms with Gasteiger partial charge in [-0.3, -0.25) is 4.79 Å². The number of carbonyl (C=O) groups excluding carboxylic acids is 2. The molecule has 0 atom stereocenters. The van der Waals surface area contributed by atoms with Gasteiger partial charge in [0.2, 0.25) is 5.78 Å². The average Bonchev–Trinajstić information content (AvgIpc) is 2.46. The van der Waals surface area contributed by atoms with Crippen molar-refractivity contribution in [3.05, 3.63) is 71.3 Å². The van der Waals surface area contributed by atoms with E-state index in [2.05, 4.69) is 0 Å². The van der Waals surface area contributed by atoms with Gasteiger partial charge in [0.1, 0.15) is 5.97 Å². The maximum absolute atomic E-state index is 11.2. The van der Waals surface area contributed by atoms with Crippen molar-refractivity contribution in [3.8, 4) is 0 Å². The molecule has 0 aliphatic heterocycles. The number of hydrogen-bond acceptors (Lipinski definition) is 3. The Morgan fingerprint density at radius 1 is 0.800 bits per heavy atom. The number of carboxylic acids is 1. The van der Waals surface area contributed by atoms with Crippen LogP contribution in [0.1, 0.15) is 21.5 Å². The van der Waals surface area contributed by atoms with Crippen molar-refractivity contribution in [1.29, 1.82) is 0 Å². The number of Topliss-reactive ketones (excluding diaryl/α,β-unsaturated/α-hetero) is 1. The summed E-state index contributed by atoms with van der Waals surface area (Å²) < 4.78 is 0. The molecule has 0 aromatic heterocycles. The number of aliphatic carboxylic acids is 1. The van der Waals surface area contributed by atoms with Gasteiger partial charge in [-0.05, 0) is 11.1 Å². The summed E-state index contributed by atoms with van der Waals surface area (Å²) in [5.41, 5.74) is 2.08. The van der Waals surface area contributed by atoms with E-state index in [1.807, 2.05) is 42.5 Å². The Kier molecular flexibility index (Phi) is 7.05. The van der Waals surface area contributed by atoms with Gasteiger partial charge in [0, 0.05) is 5.56 Å². The van der Waals surface area contributed by atoms with Crippen LogP contribution in [0.15, 0.2) is 54.6 Å². The fraction of sp³-hybridized carbons (Fsp3) is 0. The molecular weight excluding hydrogens is 279 g/mol. The van der Waals surface area contributed by atoms with Gasteiger partial charge in [-0.15, -0.1) is 0 Å². The SMILES string of the molecule is O=C([O-])C(=O)c1ccc(/C=C/c2ccccc2)cc1.[K+]. The van der Waals surface area contributed by atoms with E-state index in [1.165, 1.54) is 12.1 Å². The molecular formula is C16H11KO3.